The Morgan fingerprint density at radius 3 is 2.48 bits per heavy atom. The van der Waals surface area contributed by atoms with Crippen LogP contribution in [-0.4, -0.2) is 99.0 Å². The van der Waals surface area contributed by atoms with E-state index in [0.29, 0.717) is 56.9 Å². The molecule has 2 heterocycles. The minimum absolute atomic E-state index is 0. The Labute approximate surface area is 243 Å². The number of carbonyl (C=O) groups is 4. The topological polar surface area (TPSA) is 129 Å². The lowest BCUT2D eigenvalue weighted by molar-refractivity contribution is -0.135. The van der Waals surface area contributed by atoms with Gasteiger partial charge in [-0.2, -0.15) is 0 Å². The van der Waals surface area contributed by atoms with Gasteiger partial charge in [-0.3, -0.25) is 19.2 Å². The van der Waals surface area contributed by atoms with Gasteiger partial charge >= 0.3 is 0 Å². The van der Waals surface area contributed by atoms with Gasteiger partial charge in [-0.25, -0.2) is 0 Å². The molecule has 2 aliphatic heterocycles. The first-order valence-corrected chi connectivity index (χ1v) is 13.9. The molecule has 11 nitrogen and oxygen atoms in total. The summed E-state index contributed by atoms with van der Waals surface area (Å²) in [4.78, 5) is 54.3. The second-order valence-corrected chi connectivity index (χ2v) is 10.2. The Hall–Kier alpha value is -3.05. The second kappa shape index (κ2) is 16.9. The van der Waals surface area contributed by atoms with E-state index in [-0.39, 0.29) is 42.8 Å². The summed E-state index contributed by atoms with van der Waals surface area (Å²) in [6.07, 6.45) is 4.76. The highest BCUT2D eigenvalue weighted by molar-refractivity contribution is 5.87. The molecule has 3 rings (SSSR count). The summed E-state index contributed by atoms with van der Waals surface area (Å²) in [6, 6.07) is 4.50. The fourth-order valence-corrected chi connectivity index (χ4v) is 4.86. The number of fused-ring (bicyclic) bond motifs is 2. The van der Waals surface area contributed by atoms with Gasteiger partial charge in [0.1, 0.15) is 6.04 Å². The van der Waals surface area contributed by atoms with Crippen LogP contribution in [0.4, 0.5) is 0 Å². The maximum atomic E-state index is 13.1. The molecule has 12 heteroatoms. The number of methoxy groups -OCH3 is 1. The second-order valence-electron chi connectivity index (χ2n) is 10.2. The highest BCUT2D eigenvalue weighted by atomic mass is 35.5. The van der Waals surface area contributed by atoms with E-state index in [4.69, 9.17) is 9.47 Å². The molecule has 1 aromatic carbocycles. The SMILES string of the molecule is COc1ccc2cc1OCC(=O)N[C@@H](C)C(=O)N(C)CCCCN(C(=O)[C@@H]1CCCN1)CCCNC(=O)CC2.Cl. The predicted octanol–water partition coefficient (Wildman–Crippen LogP) is 1.27. The van der Waals surface area contributed by atoms with Gasteiger partial charge in [0.25, 0.3) is 5.91 Å². The summed E-state index contributed by atoms with van der Waals surface area (Å²) in [6.45, 7) is 4.38. The van der Waals surface area contributed by atoms with Crippen molar-refractivity contribution < 1.29 is 28.7 Å². The van der Waals surface area contributed by atoms with Crippen molar-refractivity contribution in [3.8, 4) is 11.5 Å². The molecule has 0 aliphatic carbocycles. The third kappa shape index (κ3) is 10.2. The van der Waals surface area contributed by atoms with Gasteiger partial charge in [-0.05, 0) is 69.7 Å². The third-order valence-electron chi connectivity index (χ3n) is 7.12. The molecule has 2 bridgehead atoms. The summed E-state index contributed by atoms with van der Waals surface area (Å²) < 4.78 is 11.0. The molecule has 40 heavy (non-hydrogen) atoms. The number of hydrogen-bond donors (Lipinski definition) is 3. The van der Waals surface area contributed by atoms with Crippen LogP contribution in [0.5, 0.6) is 11.5 Å². The lowest BCUT2D eigenvalue weighted by Crippen LogP contribution is -2.47. The zero-order valence-electron chi connectivity index (χ0n) is 23.8. The standard InChI is InChI=1S/C28H43N5O6.ClH/c1-20-27(36)32(2)15-4-5-16-33(28(37)22-8-6-13-29-22)17-7-14-30-25(34)12-10-21-9-11-23(38-3)24(18-21)39-19-26(35)31-20;/h9,11,18,20,22,29H,4-8,10,12-17,19H2,1-3H3,(H,30,34)(H,31,35);1H/t20-,22-;/m0./s1. The number of amides is 4. The van der Waals surface area contributed by atoms with Crippen molar-refractivity contribution in [2.75, 3.05) is 53.5 Å². The van der Waals surface area contributed by atoms with Gasteiger partial charge < -0.3 is 35.2 Å². The van der Waals surface area contributed by atoms with Gasteiger partial charge in [-0.15, -0.1) is 12.4 Å². The number of aryl methyl sites for hydroxylation is 1. The Kier molecular flexibility index (Phi) is 14.0. The molecule has 0 aromatic heterocycles. The number of hydrogen-bond acceptors (Lipinski definition) is 7. The summed E-state index contributed by atoms with van der Waals surface area (Å²) in [5.74, 6) is 0.293. The van der Waals surface area contributed by atoms with E-state index in [9.17, 15) is 19.2 Å². The quantitative estimate of drug-likeness (QED) is 0.480. The first-order valence-electron chi connectivity index (χ1n) is 13.9. The van der Waals surface area contributed by atoms with Crippen molar-refractivity contribution in [3.05, 3.63) is 23.8 Å². The average molecular weight is 582 g/mol. The molecule has 0 saturated carbocycles. The molecule has 2 aliphatic rings. The molecule has 0 radical (unpaired) electrons. The fraction of sp³-hybridized carbons (Fsp3) is 0.643. The van der Waals surface area contributed by atoms with Crippen LogP contribution < -0.4 is 25.4 Å². The molecule has 1 saturated heterocycles. The van der Waals surface area contributed by atoms with Crippen molar-refractivity contribution in [1.29, 1.82) is 0 Å². The maximum Gasteiger partial charge on any atom is 0.258 e. The predicted molar refractivity (Wildman–Crippen MR) is 154 cm³/mol. The van der Waals surface area contributed by atoms with Crippen LogP contribution in [0.1, 0.15) is 51.0 Å². The minimum Gasteiger partial charge on any atom is -0.493 e. The molecule has 224 valence electrons. The Bertz CT molecular complexity index is 1000. The number of ether oxygens (including phenoxy) is 2. The van der Waals surface area contributed by atoms with E-state index in [0.717, 1.165) is 37.8 Å². The van der Waals surface area contributed by atoms with E-state index < -0.39 is 11.9 Å². The monoisotopic (exact) mass is 581 g/mol. The van der Waals surface area contributed by atoms with Crippen molar-refractivity contribution in [1.82, 2.24) is 25.8 Å². The number of carbonyl (C=O) groups excluding carboxylic acids is 4. The first-order chi connectivity index (χ1) is 18.8. The van der Waals surface area contributed by atoms with Crippen molar-refractivity contribution in [2.45, 2.75) is 64.0 Å². The van der Waals surface area contributed by atoms with Crippen LogP contribution >= 0.6 is 12.4 Å². The number of likely N-dealkylation sites (N-methyl/N-ethyl adjacent to an activating group) is 1. The largest absolute Gasteiger partial charge is 0.493 e. The molecule has 1 fully saturated rings. The number of nitrogens with one attached hydrogen (secondary N) is 3. The van der Waals surface area contributed by atoms with E-state index in [1.165, 1.54) is 7.11 Å². The highest BCUT2D eigenvalue weighted by Crippen LogP contribution is 2.28. The van der Waals surface area contributed by atoms with Crippen LogP contribution in [0.25, 0.3) is 0 Å². The lowest BCUT2D eigenvalue weighted by atomic mass is 10.1. The van der Waals surface area contributed by atoms with Crippen LogP contribution in [0, 0.1) is 0 Å². The summed E-state index contributed by atoms with van der Waals surface area (Å²) in [5.41, 5.74) is 0.870. The summed E-state index contributed by atoms with van der Waals surface area (Å²) in [5, 5.41) is 8.93. The van der Waals surface area contributed by atoms with Crippen LogP contribution in [-0.2, 0) is 25.6 Å². The minimum atomic E-state index is -0.706. The first kappa shape index (κ1) is 33.2. The van der Waals surface area contributed by atoms with Gasteiger partial charge in [0, 0.05) is 39.6 Å². The maximum absolute atomic E-state index is 13.1. The van der Waals surface area contributed by atoms with Crippen molar-refractivity contribution >= 4 is 36.0 Å². The molecule has 1 aromatic rings. The Balaban J connectivity index is 0.00000560. The smallest absolute Gasteiger partial charge is 0.258 e. The Morgan fingerprint density at radius 1 is 1.00 bits per heavy atom. The molecule has 0 unspecified atom stereocenters. The molecule has 4 amide bonds. The van der Waals surface area contributed by atoms with Crippen LogP contribution in [0.2, 0.25) is 0 Å². The number of nitrogens with zero attached hydrogens (tertiary/aromatic N) is 2. The normalized spacial score (nSPS) is 22.5. The zero-order chi connectivity index (χ0) is 28.2. The van der Waals surface area contributed by atoms with Crippen LogP contribution in [0.15, 0.2) is 18.2 Å². The fourth-order valence-electron chi connectivity index (χ4n) is 4.86. The highest BCUT2D eigenvalue weighted by Gasteiger charge is 2.26. The number of rotatable bonds is 2. The summed E-state index contributed by atoms with van der Waals surface area (Å²) in [7, 11) is 3.23. The summed E-state index contributed by atoms with van der Waals surface area (Å²) >= 11 is 0. The average Bonchev–Trinajstić information content (AvgIpc) is 3.48. The zero-order valence-corrected chi connectivity index (χ0v) is 24.6. The lowest BCUT2D eigenvalue weighted by Gasteiger charge is -2.27. The van der Waals surface area contributed by atoms with E-state index >= 15 is 0 Å². The molecule has 3 N–H and O–H groups in total. The Morgan fingerprint density at radius 2 is 1.75 bits per heavy atom. The van der Waals surface area contributed by atoms with Crippen molar-refractivity contribution in [3.63, 3.8) is 0 Å². The third-order valence-corrected chi connectivity index (χ3v) is 7.12. The van der Waals surface area contributed by atoms with Crippen molar-refractivity contribution in [2.24, 2.45) is 0 Å². The molecule has 0 spiro atoms. The van der Waals surface area contributed by atoms with Gasteiger partial charge in [-0.1, -0.05) is 6.07 Å². The number of halogens is 1. The van der Waals surface area contributed by atoms with Gasteiger partial charge in [0.15, 0.2) is 18.1 Å². The van der Waals surface area contributed by atoms with E-state index in [1.807, 2.05) is 11.0 Å². The number of benzene rings is 1. The van der Waals surface area contributed by atoms with Gasteiger partial charge in [0.05, 0.1) is 13.2 Å². The molecular formula is C28H44ClN5O6. The van der Waals surface area contributed by atoms with E-state index in [1.54, 1.807) is 31.0 Å². The molecular weight excluding hydrogens is 538 g/mol. The van der Waals surface area contributed by atoms with Gasteiger partial charge in [0.2, 0.25) is 17.7 Å². The van der Waals surface area contributed by atoms with Crippen LogP contribution in [0.3, 0.4) is 0 Å². The molecule has 2 atom stereocenters. The van der Waals surface area contributed by atoms with E-state index in [2.05, 4.69) is 16.0 Å².